The van der Waals surface area contributed by atoms with Gasteiger partial charge < -0.3 is 0 Å². The van der Waals surface area contributed by atoms with Crippen molar-refractivity contribution in [3.05, 3.63) is 46.7 Å². The topological polar surface area (TPSA) is 0 Å². The summed E-state index contributed by atoms with van der Waals surface area (Å²) in [4.78, 5) is 6.63. The normalized spacial score (nSPS) is 10.3. The van der Waals surface area contributed by atoms with Crippen molar-refractivity contribution in [2.24, 2.45) is 0 Å². The van der Waals surface area contributed by atoms with Crippen LogP contribution in [0.2, 0.25) is 0 Å². The monoisotopic (exact) mass is 260 g/mol. The molecule has 3 aromatic heterocycles. The maximum absolute atomic E-state index is 3.01. The number of hydrogen-bond acceptors (Lipinski definition) is 3. The molecule has 78 valence electrons. The standard InChI is InChI=1S/C13H8S3/c1-9-4-5-12(15-9)13-7-6-11(16-13)10-3-2-8-14-10/h3-7H,1H3. The van der Waals surface area contributed by atoms with Crippen LogP contribution in [0, 0.1) is 18.4 Å². The Morgan fingerprint density at radius 1 is 0.875 bits per heavy atom. The van der Waals surface area contributed by atoms with E-state index in [-0.39, 0.29) is 0 Å². The lowest BCUT2D eigenvalue weighted by atomic mass is 10.3. The van der Waals surface area contributed by atoms with Crippen molar-refractivity contribution in [3.8, 4) is 19.5 Å². The van der Waals surface area contributed by atoms with E-state index in [2.05, 4.69) is 42.6 Å². The molecule has 0 aromatic carbocycles. The average molecular weight is 260 g/mol. The molecule has 3 heteroatoms. The molecule has 3 heterocycles. The van der Waals surface area contributed by atoms with Crippen LogP contribution in [-0.4, -0.2) is 0 Å². The van der Waals surface area contributed by atoms with E-state index in [0.717, 1.165) is 0 Å². The molecule has 0 aliphatic carbocycles. The quantitative estimate of drug-likeness (QED) is 0.600. The highest BCUT2D eigenvalue weighted by Gasteiger charge is 2.06. The lowest BCUT2D eigenvalue weighted by Gasteiger charge is -1.89. The van der Waals surface area contributed by atoms with Crippen LogP contribution in [0.4, 0.5) is 0 Å². The van der Waals surface area contributed by atoms with E-state index in [0.29, 0.717) is 0 Å². The third-order valence-electron chi connectivity index (χ3n) is 2.26. The summed E-state index contributed by atoms with van der Waals surface area (Å²) in [5.74, 6) is 0. The minimum atomic E-state index is 1.25. The van der Waals surface area contributed by atoms with Gasteiger partial charge in [-0.1, -0.05) is 17.4 Å². The van der Waals surface area contributed by atoms with Gasteiger partial charge in [0.15, 0.2) is 0 Å². The Hall–Kier alpha value is -1.08. The van der Waals surface area contributed by atoms with Crippen LogP contribution < -0.4 is 0 Å². The van der Waals surface area contributed by atoms with Crippen LogP contribution in [0.3, 0.4) is 0 Å². The fourth-order valence-corrected chi connectivity index (χ4v) is 4.14. The zero-order valence-electron chi connectivity index (χ0n) is 8.61. The minimum absolute atomic E-state index is 1.25. The van der Waals surface area contributed by atoms with E-state index >= 15 is 0 Å². The van der Waals surface area contributed by atoms with Crippen LogP contribution in [0.1, 0.15) is 4.88 Å². The van der Waals surface area contributed by atoms with E-state index in [1.807, 2.05) is 28.7 Å². The maximum atomic E-state index is 3.01. The van der Waals surface area contributed by atoms with Gasteiger partial charge in [0.1, 0.15) is 0 Å². The second-order valence-corrected chi connectivity index (χ2v) is 6.65. The summed E-state index contributed by atoms with van der Waals surface area (Å²) in [5.41, 5.74) is 0. The molecule has 16 heavy (non-hydrogen) atoms. The molecule has 0 unspecified atom stereocenters. The van der Waals surface area contributed by atoms with E-state index in [4.69, 9.17) is 0 Å². The van der Waals surface area contributed by atoms with Crippen molar-refractivity contribution in [2.75, 3.05) is 0 Å². The van der Waals surface area contributed by atoms with Gasteiger partial charge in [-0.15, -0.1) is 22.7 Å². The summed E-state index contributed by atoms with van der Waals surface area (Å²) in [6, 6.07) is 13.7. The fraction of sp³-hybridized carbons (Fsp3) is 0.0769. The van der Waals surface area contributed by atoms with Gasteiger partial charge in [-0.25, -0.2) is 0 Å². The largest absolute Gasteiger partial charge is 0.140 e. The molecule has 0 saturated heterocycles. The van der Waals surface area contributed by atoms with E-state index in [1.54, 1.807) is 11.3 Å². The zero-order valence-corrected chi connectivity index (χ0v) is 11.1. The summed E-state index contributed by atoms with van der Waals surface area (Å²) in [5, 5.41) is 3.01. The Balaban J connectivity index is 2.00. The van der Waals surface area contributed by atoms with Gasteiger partial charge in [0, 0.05) is 25.6 Å². The summed E-state index contributed by atoms with van der Waals surface area (Å²) in [6.45, 7) is 2.14. The van der Waals surface area contributed by atoms with Crippen molar-refractivity contribution in [1.29, 1.82) is 0 Å². The Labute approximate surface area is 107 Å². The molecule has 0 radical (unpaired) electrons. The van der Waals surface area contributed by atoms with Gasteiger partial charge in [-0.05, 0) is 36.6 Å². The molecule has 0 aliphatic rings. The first-order chi connectivity index (χ1) is 7.83. The molecule has 0 bridgehead atoms. The minimum Gasteiger partial charge on any atom is -0.140 e. The molecule has 3 rings (SSSR count). The number of rotatable bonds is 2. The molecule has 0 spiro atoms. The summed E-state index contributed by atoms with van der Waals surface area (Å²) < 4.78 is 0. The van der Waals surface area contributed by atoms with Crippen molar-refractivity contribution in [3.63, 3.8) is 0 Å². The zero-order chi connectivity index (χ0) is 11.0. The summed E-state index contributed by atoms with van der Waals surface area (Å²) >= 11 is 5.31. The third-order valence-corrected chi connectivity index (χ3v) is 5.48. The van der Waals surface area contributed by atoms with Gasteiger partial charge in [-0.3, -0.25) is 0 Å². The Morgan fingerprint density at radius 3 is 2.19 bits per heavy atom. The van der Waals surface area contributed by atoms with Crippen LogP contribution in [-0.2, 0) is 0 Å². The molecule has 0 aliphatic heterocycles. The van der Waals surface area contributed by atoms with Crippen molar-refractivity contribution in [1.82, 2.24) is 0 Å². The predicted molar refractivity (Wildman–Crippen MR) is 73.4 cm³/mol. The van der Waals surface area contributed by atoms with E-state index < -0.39 is 0 Å². The highest BCUT2D eigenvalue weighted by Crippen LogP contribution is 2.38. The number of thiophene rings is 2. The molecule has 0 amide bonds. The summed E-state index contributed by atoms with van der Waals surface area (Å²) in [6.07, 6.45) is 0. The van der Waals surface area contributed by atoms with Gasteiger partial charge in [0.05, 0.1) is 4.88 Å². The fourth-order valence-electron chi connectivity index (χ4n) is 1.50. The third kappa shape index (κ3) is 1.80. The van der Waals surface area contributed by atoms with Gasteiger partial charge in [0.25, 0.3) is 0 Å². The Morgan fingerprint density at radius 2 is 1.56 bits per heavy atom. The van der Waals surface area contributed by atoms with Crippen LogP contribution >= 0.6 is 34.0 Å². The molecule has 0 N–H and O–H groups in total. The number of aryl methyl sites for hydroxylation is 1. The van der Waals surface area contributed by atoms with Crippen LogP contribution in [0.15, 0.2) is 30.3 Å². The highest BCUT2D eigenvalue weighted by atomic mass is 32.1. The molecular formula is C13H8S3. The van der Waals surface area contributed by atoms with Crippen molar-refractivity contribution >= 4 is 34.0 Å². The second kappa shape index (κ2) is 4.06. The lowest BCUT2D eigenvalue weighted by molar-refractivity contribution is 1.64. The van der Waals surface area contributed by atoms with Crippen LogP contribution in [0.25, 0.3) is 19.5 Å². The van der Waals surface area contributed by atoms with Crippen LogP contribution in [0.5, 0.6) is 0 Å². The molecule has 0 saturated carbocycles. The van der Waals surface area contributed by atoms with Gasteiger partial charge in [-0.2, -0.15) is 0 Å². The molecule has 0 atom stereocenters. The van der Waals surface area contributed by atoms with Gasteiger partial charge >= 0.3 is 0 Å². The molecule has 0 nitrogen and oxygen atoms in total. The van der Waals surface area contributed by atoms with Gasteiger partial charge in [0.2, 0.25) is 0 Å². The van der Waals surface area contributed by atoms with E-state index in [9.17, 15) is 0 Å². The maximum Gasteiger partial charge on any atom is 0.0616 e. The Bertz CT molecular complexity index is 584. The number of hydrogen-bond donors (Lipinski definition) is 0. The smallest absolute Gasteiger partial charge is 0.0616 e. The first kappa shape index (κ1) is 10.1. The first-order valence-corrected chi connectivity index (χ1v) is 7.32. The molecular weight excluding hydrogens is 252 g/mol. The SMILES string of the molecule is Cc1ccc(-c2ccc(-c3cc#cs3)s2)s1. The Kier molecular flexibility index (Phi) is 2.56. The summed E-state index contributed by atoms with van der Waals surface area (Å²) in [7, 11) is 0. The highest BCUT2D eigenvalue weighted by molar-refractivity contribution is 7.26. The second-order valence-electron chi connectivity index (χ2n) is 3.43. The first-order valence-electron chi connectivity index (χ1n) is 4.87. The molecule has 0 fully saturated rings. The van der Waals surface area contributed by atoms with Crippen molar-refractivity contribution in [2.45, 2.75) is 6.92 Å². The molecule has 3 aromatic rings. The predicted octanol–water partition coefficient (Wildman–Crippen LogP) is 5.11. The lowest BCUT2D eigenvalue weighted by Crippen LogP contribution is -1.57. The average Bonchev–Trinajstić information content (AvgIpc) is 2.97. The van der Waals surface area contributed by atoms with Crippen molar-refractivity contribution < 1.29 is 0 Å². The van der Waals surface area contributed by atoms with E-state index in [1.165, 1.54) is 24.4 Å².